The third kappa shape index (κ3) is 10.2. The van der Waals surface area contributed by atoms with Gasteiger partial charge in [0.1, 0.15) is 12.1 Å². The smallest absolute Gasteiger partial charge is 0.243 e. The van der Waals surface area contributed by atoms with E-state index in [1.54, 1.807) is 0 Å². The van der Waals surface area contributed by atoms with E-state index in [0.717, 1.165) is 83.6 Å². The number of hydrogen-bond donors (Lipinski definition) is 3. The topological polar surface area (TPSA) is 99.8 Å². The van der Waals surface area contributed by atoms with E-state index in [1.165, 1.54) is 64.2 Å². The maximum Gasteiger partial charge on any atom is 0.243 e. The molecule has 0 aromatic rings. The second-order valence-electron chi connectivity index (χ2n) is 17.1. The van der Waals surface area contributed by atoms with Crippen molar-refractivity contribution in [1.29, 1.82) is 0 Å². The Balaban J connectivity index is 1.24. The summed E-state index contributed by atoms with van der Waals surface area (Å²) < 4.78 is 6.85. The predicted molar refractivity (Wildman–Crippen MR) is 190 cm³/mol. The predicted octanol–water partition coefficient (Wildman–Crippen LogP) is 6.79. The summed E-state index contributed by atoms with van der Waals surface area (Å²) in [5.74, 6) is 1.75. The van der Waals surface area contributed by atoms with Crippen molar-refractivity contribution >= 4 is 17.7 Å². The summed E-state index contributed by atoms with van der Waals surface area (Å²) in [6.07, 6.45) is 26.9. The summed E-state index contributed by atoms with van der Waals surface area (Å²) in [7, 11) is 0. The van der Waals surface area contributed by atoms with E-state index in [-0.39, 0.29) is 36.0 Å². The fourth-order valence-corrected chi connectivity index (χ4v) is 10.6. The number of carbonyl (C=O) groups is 3. The fraction of sp³-hybridized carbons (Fsp3) is 0.925. The van der Waals surface area contributed by atoms with Crippen LogP contribution in [0.4, 0.5) is 0 Å². The first-order chi connectivity index (χ1) is 23.4. The van der Waals surface area contributed by atoms with Gasteiger partial charge in [-0.2, -0.15) is 0 Å². The summed E-state index contributed by atoms with van der Waals surface area (Å²) in [6, 6.07) is -1.05. The molecule has 0 aromatic carbocycles. The van der Waals surface area contributed by atoms with Crippen molar-refractivity contribution in [1.82, 2.24) is 20.9 Å². The zero-order chi connectivity index (χ0) is 33.3. The minimum absolute atomic E-state index is 0.0119. The first kappa shape index (κ1) is 36.1. The van der Waals surface area contributed by atoms with E-state index in [4.69, 9.17) is 4.74 Å². The number of carbonyl (C=O) groups excluding carboxylic acids is 3. The molecule has 8 nitrogen and oxygen atoms in total. The van der Waals surface area contributed by atoms with E-state index < -0.39 is 12.1 Å². The Morgan fingerprint density at radius 1 is 0.688 bits per heavy atom. The molecule has 0 radical (unpaired) electrons. The number of rotatable bonds is 7. The lowest BCUT2D eigenvalue weighted by molar-refractivity contribution is -0.135. The van der Waals surface area contributed by atoms with Crippen LogP contribution in [0.3, 0.4) is 0 Å². The molecule has 48 heavy (non-hydrogen) atoms. The molecule has 3 amide bonds. The van der Waals surface area contributed by atoms with Gasteiger partial charge in [-0.05, 0) is 114 Å². The molecule has 6 fully saturated rings. The molecule has 3 N–H and O–H groups in total. The van der Waals surface area contributed by atoms with E-state index in [0.29, 0.717) is 49.1 Å². The second-order valence-corrected chi connectivity index (χ2v) is 17.1. The summed E-state index contributed by atoms with van der Waals surface area (Å²) in [5, 5.41) is 9.88. The first-order valence-corrected chi connectivity index (χ1v) is 20.7. The molecule has 6 rings (SSSR count). The minimum atomic E-state index is -0.608. The van der Waals surface area contributed by atoms with E-state index in [9.17, 15) is 14.4 Å². The van der Waals surface area contributed by atoms with Crippen LogP contribution in [0.1, 0.15) is 161 Å². The maximum atomic E-state index is 14.4. The highest BCUT2D eigenvalue weighted by Gasteiger charge is 2.39. The number of hydrogen-bond acceptors (Lipinski definition) is 5. The van der Waals surface area contributed by atoms with Crippen molar-refractivity contribution in [2.75, 3.05) is 13.1 Å². The molecule has 4 bridgehead atoms. The number of nitrogens with one attached hydrogen (secondary N) is 3. The lowest BCUT2D eigenvalue weighted by Crippen LogP contribution is -2.58. The van der Waals surface area contributed by atoms with E-state index >= 15 is 0 Å². The van der Waals surface area contributed by atoms with E-state index in [1.807, 2.05) is 0 Å². The SMILES string of the molecule is CC1CCCN1[C@H]1CC2CCCC(C2)OC2CCCC(C2)C[C@@H](C(=O)NCC2CCCCC2)NC(=O)[C@H](CCC2CCCCC2)NC1=O. The molecule has 0 spiro atoms. The van der Waals surface area contributed by atoms with Gasteiger partial charge in [0, 0.05) is 12.6 Å². The highest BCUT2D eigenvalue weighted by Crippen LogP contribution is 2.37. The molecule has 5 unspecified atom stereocenters. The van der Waals surface area contributed by atoms with Gasteiger partial charge in [-0.1, -0.05) is 77.0 Å². The molecule has 0 aromatic heterocycles. The quantitative estimate of drug-likeness (QED) is 0.277. The van der Waals surface area contributed by atoms with E-state index in [2.05, 4.69) is 27.8 Å². The Morgan fingerprint density at radius 2 is 1.33 bits per heavy atom. The van der Waals surface area contributed by atoms with Crippen LogP contribution in [0.5, 0.6) is 0 Å². The monoisotopic (exact) mass is 669 g/mol. The molecule has 8 atom stereocenters. The van der Waals surface area contributed by atoms with Crippen molar-refractivity contribution in [3.05, 3.63) is 0 Å². The highest BCUT2D eigenvalue weighted by molar-refractivity contribution is 5.93. The Kier molecular flexibility index (Phi) is 13.6. The molecule has 6 aliphatic rings. The van der Waals surface area contributed by atoms with Gasteiger partial charge < -0.3 is 20.7 Å². The number of fused-ring (bicyclic) bond motifs is 4. The normalized spacial score (nSPS) is 37.0. The van der Waals surface area contributed by atoms with Gasteiger partial charge in [0.05, 0.1) is 18.2 Å². The lowest BCUT2D eigenvalue weighted by atomic mass is 9.80. The van der Waals surface area contributed by atoms with Crippen LogP contribution in [-0.2, 0) is 19.1 Å². The Hall–Kier alpha value is -1.67. The first-order valence-electron chi connectivity index (χ1n) is 20.7. The fourth-order valence-electron chi connectivity index (χ4n) is 10.6. The third-order valence-corrected chi connectivity index (χ3v) is 13.4. The van der Waals surface area contributed by atoms with Crippen molar-refractivity contribution < 1.29 is 19.1 Å². The van der Waals surface area contributed by atoms with Gasteiger partial charge in [-0.25, -0.2) is 0 Å². The Labute approximate surface area is 291 Å². The second kappa shape index (κ2) is 18.0. The Bertz CT molecular complexity index is 1040. The summed E-state index contributed by atoms with van der Waals surface area (Å²) in [6.45, 7) is 3.90. The van der Waals surface area contributed by atoms with Crippen LogP contribution in [0.2, 0.25) is 0 Å². The van der Waals surface area contributed by atoms with Crippen molar-refractivity contribution in [3.8, 4) is 0 Å². The van der Waals surface area contributed by atoms with Crippen LogP contribution in [-0.4, -0.2) is 72.1 Å². The largest absolute Gasteiger partial charge is 0.375 e. The summed E-state index contributed by atoms with van der Waals surface area (Å²) in [5.41, 5.74) is 0. The molecule has 4 saturated carbocycles. The van der Waals surface area contributed by atoms with Crippen LogP contribution in [0.25, 0.3) is 0 Å². The van der Waals surface area contributed by atoms with Crippen molar-refractivity contribution in [2.45, 2.75) is 197 Å². The average molecular weight is 669 g/mol. The summed E-state index contributed by atoms with van der Waals surface area (Å²) >= 11 is 0. The molecular weight excluding hydrogens is 600 g/mol. The highest BCUT2D eigenvalue weighted by atomic mass is 16.5. The summed E-state index contributed by atoms with van der Waals surface area (Å²) in [4.78, 5) is 45.1. The van der Waals surface area contributed by atoms with Gasteiger partial charge in [-0.3, -0.25) is 19.3 Å². The number of nitrogens with zero attached hydrogens (tertiary/aromatic N) is 1. The standard InChI is InChI=1S/C40H68N4O4/c1-28-11-10-22-44(28)37-26-32-17-9-19-34(24-32)48-33-18-8-16-31(23-33)25-36(38(45)41-27-30-14-6-3-7-15-30)43-39(46)35(42-40(37)47)21-20-29-12-4-2-5-13-29/h28-37H,2-27H2,1H3,(H,41,45)(H,42,47)(H,43,46)/t28?,31?,32?,33?,34?,35-,36-,37-/m0/s1. The third-order valence-electron chi connectivity index (χ3n) is 13.4. The van der Waals surface area contributed by atoms with Crippen LogP contribution < -0.4 is 16.0 Å². The van der Waals surface area contributed by atoms with Crippen molar-refractivity contribution in [3.63, 3.8) is 0 Å². The zero-order valence-electron chi connectivity index (χ0n) is 30.2. The molecule has 2 aliphatic heterocycles. The number of amides is 3. The van der Waals surface area contributed by atoms with Crippen LogP contribution in [0.15, 0.2) is 0 Å². The maximum absolute atomic E-state index is 14.4. The molecular formula is C40H68N4O4. The number of likely N-dealkylation sites (tertiary alicyclic amines) is 1. The molecule has 272 valence electrons. The van der Waals surface area contributed by atoms with Gasteiger partial charge in [0.2, 0.25) is 17.7 Å². The minimum Gasteiger partial charge on any atom is -0.375 e. The lowest BCUT2D eigenvalue weighted by Gasteiger charge is -2.39. The molecule has 4 aliphatic carbocycles. The van der Waals surface area contributed by atoms with Crippen LogP contribution in [0, 0.1) is 23.7 Å². The molecule has 2 saturated heterocycles. The zero-order valence-corrected chi connectivity index (χ0v) is 30.2. The van der Waals surface area contributed by atoms with Gasteiger partial charge >= 0.3 is 0 Å². The van der Waals surface area contributed by atoms with Crippen LogP contribution >= 0.6 is 0 Å². The van der Waals surface area contributed by atoms with Gasteiger partial charge in [0.25, 0.3) is 0 Å². The van der Waals surface area contributed by atoms with Gasteiger partial charge in [-0.15, -0.1) is 0 Å². The van der Waals surface area contributed by atoms with Gasteiger partial charge in [0.15, 0.2) is 0 Å². The number of ether oxygens (including phenoxy) is 1. The average Bonchev–Trinajstić information content (AvgIpc) is 3.53. The Morgan fingerprint density at radius 3 is 1.98 bits per heavy atom. The van der Waals surface area contributed by atoms with Crippen molar-refractivity contribution in [2.24, 2.45) is 23.7 Å². The molecule has 8 heteroatoms. The molecule has 2 heterocycles.